The molecule has 1 rings (SSSR count). The van der Waals surface area contributed by atoms with Crippen LogP contribution in [0.4, 0.5) is 0 Å². The first-order valence-electron chi connectivity index (χ1n) is 6.54. The molecule has 0 saturated carbocycles. The molecule has 0 radical (unpaired) electrons. The van der Waals surface area contributed by atoms with Gasteiger partial charge in [0.05, 0.1) is 0 Å². The second-order valence-corrected chi connectivity index (χ2v) is 3.23. The van der Waals surface area contributed by atoms with Crippen LogP contribution in [0.1, 0.15) is 41.0 Å². The second-order valence-electron chi connectivity index (χ2n) is 3.23. The zero-order valence-electron chi connectivity index (χ0n) is 12.1. The van der Waals surface area contributed by atoms with Gasteiger partial charge in [-0.25, -0.2) is 0 Å². The van der Waals surface area contributed by atoms with E-state index in [1.165, 1.54) is 11.3 Å². The first kappa shape index (κ1) is 17.6. The fourth-order valence-corrected chi connectivity index (χ4v) is 1.53. The summed E-state index contributed by atoms with van der Waals surface area (Å²) >= 11 is 0. The highest BCUT2D eigenvalue weighted by atomic mass is 15.1. The number of hydrogen-bond donors (Lipinski definition) is 1. The third-order valence-corrected chi connectivity index (χ3v) is 2.21. The Bertz CT molecular complexity index is 195. The van der Waals surface area contributed by atoms with Gasteiger partial charge in [0.2, 0.25) is 0 Å². The fraction of sp³-hybridized carbons (Fsp3) is 0.714. The molecular formula is C14H30N2. The van der Waals surface area contributed by atoms with E-state index in [4.69, 9.17) is 0 Å². The van der Waals surface area contributed by atoms with E-state index in [1.807, 2.05) is 33.8 Å². The number of hydrogen-bond acceptors (Lipinski definition) is 2. The van der Waals surface area contributed by atoms with Crippen LogP contribution in [0, 0.1) is 0 Å². The molecule has 0 unspecified atom stereocenters. The number of likely N-dealkylation sites (N-methyl/N-ethyl adjacent to an activating group) is 1. The van der Waals surface area contributed by atoms with Gasteiger partial charge in [-0.1, -0.05) is 40.3 Å². The lowest BCUT2D eigenvalue weighted by atomic mass is 10.1. The minimum absolute atomic E-state index is 1.01. The molecule has 0 aromatic rings. The molecule has 0 spiro atoms. The molecule has 0 amide bonds. The summed E-state index contributed by atoms with van der Waals surface area (Å²) in [6, 6.07) is 0. The van der Waals surface area contributed by atoms with Crippen molar-refractivity contribution in [2.45, 2.75) is 41.0 Å². The van der Waals surface area contributed by atoms with E-state index in [1.54, 1.807) is 0 Å². The van der Waals surface area contributed by atoms with Crippen LogP contribution in [0.5, 0.6) is 0 Å². The Morgan fingerprint density at radius 2 is 1.88 bits per heavy atom. The van der Waals surface area contributed by atoms with Crippen LogP contribution in [0.2, 0.25) is 0 Å². The predicted octanol–water partition coefficient (Wildman–Crippen LogP) is 3.42. The topological polar surface area (TPSA) is 15.3 Å². The largest absolute Gasteiger partial charge is 0.388 e. The number of rotatable bonds is 3. The summed E-state index contributed by atoms with van der Waals surface area (Å²) < 4.78 is 0. The molecule has 2 heteroatoms. The first-order chi connectivity index (χ1) is 7.77. The van der Waals surface area contributed by atoms with Gasteiger partial charge in [-0.3, -0.25) is 0 Å². The Morgan fingerprint density at radius 1 is 1.31 bits per heavy atom. The Morgan fingerprint density at radius 3 is 2.31 bits per heavy atom. The van der Waals surface area contributed by atoms with Gasteiger partial charge >= 0.3 is 0 Å². The molecule has 0 aromatic heterocycles. The van der Waals surface area contributed by atoms with Crippen molar-refractivity contribution in [3.05, 3.63) is 23.9 Å². The van der Waals surface area contributed by atoms with Crippen molar-refractivity contribution in [3.8, 4) is 0 Å². The van der Waals surface area contributed by atoms with Crippen LogP contribution in [0.15, 0.2) is 23.9 Å². The van der Waals surface area contributed by atoms with E-state index in [0.29, 0.717) is 0 Å². The van der Waals surface area contributed by atoms with E-state index in [-0.39, 0.29) is 0 Å². The normalized spacial score (nSPS) is 15.4. The van der Waals surface area contributed by atoms with Crippen LogP contribution >= 0.6 is 0 Å². The Balaban J connectivity index is 0. The Hall–Kier alpha value is -0.760. The average Bonchev–Trinajstić information content (AvgIpc) is 2.36. The highest BCUT2D eigenvalue weighted by Crippen LogP contribution is 2.14. The fourth-order valence-electron chi connectivity index (χ4n) is 1.53. The van der Waals surface area contributed by atoms with E-state index in [0.717, 1.165) is 26.1 Å². The molecule has 96 valence electrons. The summed E-state index contributed by atoms with van der Waals surface area (Å²) in [5.41, 5.74) is 2.73. The third kappa shape index (κ3) is 6.67. The molecule has 0 aliphatic carbocycles. The number of nitrogens with one attached hydrogen (secondary N) is 1. The van der Waals surface area contributed by atoms with Crippen LogP contribution in [0.3, 0.4) is 0 Å². The molecule has 0 fully saturated rings. The SMILES string of the molecule is C=CC1=C(NCC)CCN(C)C1.CC.CC. The average molecular weight is 226 g/mol. The van der Waals surface area contributed by atoms with Crippen molar-refractivity contribution in [1.82, 2.24) is 10.2 Å². The van der Waals surface area contributed by atoms with Crippen LogP contribution in [-0.4, -0.2) is 31.6 Å². The summed E-state index contributed by atoms with van der Waals surface area (Å²) in [6.45, 7) is 17.2. The molecule has 1 aliphatic heterocycles. The van der Waals surface area contributed by atoms with Crippen LogP contribution < -0.4 is 5.32 Å². The standard InChI is InChI=1S/C10H18N2.2C2H6/c1-4-9-8-12(3)7-6-10(9)11-5-2;2*1-2/h4,11H,1,5-8H2,2-3H3;2*1-2H3. The van der Waals surface area contributed by atoms with Gasteiger partial charge in [-0.2, -0.15) is 0 Å². The van der Waals surface area contributed by atoms with Crippen LogP contribution in [-0.2, 0) is 0 Å². The molecule has 1 N–H and O–H groups in total. The zero-order chi connectivity index (χ0) is 13.0. The van der Waals surface area contributed by atoms with Crippen molar-refractivity contribution in [2.75, 3.05) is 26.7 Å². The van der Waals surface area contributed by atoms with Crippen molar-refractivity contribution < 1.29 is 0 Å². The summed E-state index contributed by atoms with van der Waals surface area (Å²) in [6.07, 6.45) is 3.10. The van der Waals surface area contributed by atoms with E-state index in [9.17, 15) is 0 Å². The maximum atomic E-state index is 3.83. The Kier molecular flexibility index (Phi) is 13.6. The van der Waals surface area contributed by atoms with Gasteiger partial charge in [0.15, 0.2) is 0 Å². The highest BCUT2D eigenvalue weighted by Gasteiger charge is 2.12. The molecule has 0 aromatic carbocycles. The van der Waals surface area contributed by atoms with Gasteiger partial charge in [0.25, 0.3) is 0 Å². The second kappa shape index (κ2) is 12.3. The van der Waals surface area contributed by atoms with Crippen molar-refractivity contribution >= 4 is 0 Å². The number of nitrogens with zero attached hydrogens (tertiary/aromatic N) is 1. The first-order valence-corrected chi connectivity index (χ1v) is 6.54. The lowest BCUT2D eigenvalue weighted by molar-refractivity contribution is 0.345. The molecule has 1 aliphatic rings. The summed E-state index contributed by atoms with van der Waals surface area (Å²) in [7, 11) is 2.15. The maximum Gasteiger partial charge on any atom is 0.0247 e. The summed E-state index contributed by atoms with van der Waals surface area (Å²) in [4.78, 5) is 2.32. The predicted molar refractivity (Wildman–Crippen MR) is 75.7 cm³/mol. The zero-order valence-corrected chi connectivity index (χ0v) is 12.1. The molecule has 0 atom stereocenters. The lowest BCUT2D eigenvalue weighted by Gasteiger charge is -2.26. The summed E-state index contributed by atoms with van der Waals surface area (Å²) in [5, 5.41) is 3.39. The van der Waals surface area contributed by atoms with Gasteiger partial charge in [-0.05, 0) is 19.5 Å². The molecule has 16 heavy (non-hydrogen) atoms. The molecule has 0 saturated heterocycles. The van der Waals surface area contributed by atoms with Gasteiger partial charge < -0.3 is 10.2 Å². The van der Waals surface area contributed by atoms with Crippen molar-refractivity contribution in [1.29, 1.82) is 0 Å². The quantitative estimate of drug-likeness (QED) is 0.793. The monoisotopic (exact) mass is 226 g/mol. The van der Waals surface area contributed by atoms with Crippen molar-refractivity contribution in [3.63, 3.8) is 0 Å². The summed E-state index contributed by atoms with van der Waals surface area (Å²) in [5.74, 6) is 0. The van der Waals surface area contributed by atoms with E-state index < -0.39 is 0 Å². The van der Waals surface area contributed by atoms with Crippen molar-refractivity contribution in [2.24, 2.45) is 0 Å². The van der Waals surface area contributed by atoms with Gasteiger partial charge in [0.1, 0.15) is 0 Å². The van der Waals surface area contributed by atoms with Gasteiger partial charge in [-0.15, -0.1) is 0 Å². The van der Waals surface area contributed by atoms with Gasteiger partial charge in [0, 0.05) is 31.8 Å². The Labute approximate surface area is 102 Å². The van der Waals surface area contributed by atoms with E-state index >= 15 is 0 Å². The molecular weight excluding hydrogens is 196 g/mol. The van der Waals surface area contributed by atoms with E-state index in [2.05, 4.69) is 30.8 Å². The minimum Gasteiger partial charge on any atom is -0.388 e. The molecule has 0 bridgehead atoms. The smallest absolute Gasteiger partial charge is 0.0247 e. The third-order valence-electron chi connectivity index (χ3n) is 2.21. The maximum absolute atomic E-state index is 3.83. The minimum atomic E-state index is 1.01. The molecule has 1 heterocycles. The van der Waals surface area contributed by atoms with Crippen LogP contribution in [0.25, 0.3) is 0 Å². The lowest BCUT2D eigenvalue weighted by Crippen LogP contribution is -2.31. The highest BCUT2D eigenvalue weighted by molar-refractivity contribution is 5.26. The molecule has 2 nitrogen and oxygen atoms in total.